The van der Waals surface area contributed by atoms with Crippen molar-refractivity contribution < 1.29 is 4.79 Å². The minimum atomic E-state index is -0.458. The van der Waals surface area contributed by atoms with Crippen molar-refractivity contribution in [2.75, 3.05) is 10.6 Å². The lowest BCUT2D eigenvalue weighted by atomic mass is 10.2. The lowest BCUT2D eigenvalue weighted by Gasteiger charge is -2.10. The van der Waals surface area contributed by atoms with Gasteiger partial charge in [0.15, 0.2) is 5.11 Å². The number of hydrogen-bond acceptors (Lipinski definition) is 3. The van der Waals surface area contributed by atoms with E-state index in [-0.39, 0.29) is 0 Å². The Bertz CT molecular complexity index is 841. The fourth-order valence-electron chi connectivity index (χ4n) is 2.03. The van der Waals surface area contributed by atoms with E-state index in [2.05, 4.69) is 20.8 Å². The molecule has 0 atom stereocenters. The second-order valence-corrected chi connectivity index (χ2v) is 5.10. The van der Waals surface area contributed by atoms with Crippen LogP contribution in [0, 0.1) is 0 Å². The predicted octanol–water partition coefficient (Wildman–Crippen LogP) is 2.47. The van der Waals surface area contributed by atoms with Gasteiger partial charge in [-0.3, -0.25) is 9.89 Å². The van der Waals surface area contributed by atoms with E-state index in [1.165, 1.54) is 0 Å². The fourth-order valence-corrected chi connectivity index (χ4v) is 2.27. The van der Waals surface area contributed by atoms with E-state index in [4.69, 9.17) is 18.0 Å². The van der Waals surface area contributed by atoms with Crippen LogP contribution in [0.25, 0.3) is 10.9 Å². The van der Waals surface area contributed by atoms with Gasteiger partial charge in [0.25, 0.3) is 0 Å². The summed E-state index contributed by atoms with van der Waals surface area (Å²) < 4.78 is 0. The zero-order valence-electron chi connectivity index (χ0n) is 11.5. The van der Waals surface area contributed by atoms with Gasteiger partial charge in [0.2, 0.25) is 5.91 Å². The number of fused-ring (bicyclic) bond motifs is 1. The number of benzene rings is 2. The number of hydrogen-bond donors (Lipinski definition) is 4. The van der Waals surface area contributed by atoms with Gasteiger partial charge < -0.3 is 16.4 Å². The molecule has 0 aliphatic carbocycles. The molecule has 110 valence electrons. The van der Waals surface area contributed by atoms with E-state index in [9.17, 15) is 4.79 Å². The molecule has 6 nitrogen and oxygen atoms in total. The third-order valence-electron chi connectivity index (χ3n) is 3.13. The number of aromatic nitrogens is 2. The molecule has 0 fully saturated rings. The molecular formula is C15H13N5OS. The second-order valence-electron chi connectivity index (χ2n) is 4.69. The van der Waals surface area contributed by atoms with Gasteiger partial charge in [0.1, 0.15) is 0 Å². The Morgan fingerprint density at radius 1 is 1.09 bits per heavy atom. The summed E-state index contributed by atoms with van der Waals surface area (Å²) in [7, 11) is 0. The van der Waals surface area contributed by atoms with E-state index < -0.39 is 5.91 Å². The monoisotopic (exact) mass is 311 g/mol. The molecule has 5 N–H and O–H groups in total. The molecular weight excluding hydrogens is 298 g/mol. The molecule has 1 heterocycles. The van der Waals surface area contributed by atoms with E-state index in [0.717, 1.165) is 22.3 Å². The third-order valence-corrected chi connectivity index (χ3v) is 3.33. The number of nitrogens with two attached hydrogens (primary N) is 1. The maximum absolute atomic E-state index is 11.0. The summed E-state index contributed by atoms with van der Waals surface area (Å²) in [5.41, 5.74) is 8.25. The van der Waals surface area contributed by atoms with E-state index >= 15 is 0 Å². The summed E-state index contributed by atoms with van der Waals surface area (Å²) in [6.07, 6.45) is 1.75. The number of H-pyrrole nitrogens is 1. The summed E-state index contributed by atoms with van der Waals surface area (Å²) in [4.78, 5) is 11.0. The van der Waals surface area contributed by atoms with Crippen LogP contribution in [0.15, 0.2) is 48.7 Å². The summed E-state index contributed by atoms with van der Waals surface area (Å²) >= 11 is 5.27. The lowest BCUT2D eigenvalue weighted by molar-refractivity contribution is 0.100. The molecule has 0 saturated heterocycles. The highest BCUT2D eigenvalue weighted by atomic mass is 32.1. The van der Waals surface area contributed by atoms with E-state index in [0.29, 0.717) is 10.7 Å². The lowest BCUT2D eigenvalue weighted by Crippen LogP contribution is -2.19. The van der Waals surface area contributed by atoms with Crippen molar-refractivity contribution in [2.24, 2.45) is 5.73 Å². The van der Waals surface area contributed by atoms with Gasteiger partial charge in [0.05, 0.1) is 11.7 Å². The Hall–Kier alpha value is -2.93. The summed E-state index contributed by atoms with van der Waals surface area (Å²) in [6.45, 7) is 0. The van der Waals surface area contributed by atoms with Crippen LogP contribution >= 0.6 is 12.2 Å². The third kappa shape index (κ3) is 3.04. The molecule has 3 aromatic rings. The number of anilines is 2. The number of nitrogens with one attached hydrogen (secondary N) is 3. The van der Waals surface area contributed by atoms with Crippen molar-refractivity contribution in [1.29, 1.82) is 0 Å². The van der Waals surface area contributed by atoms with Crippen LogP contribution in [0.3, 0.4) is 0 Å². The first kappa shape index (κ1) is 14.0. The smallest absolute Gasteiger partial charge is 0.248 e. The highest BCUT2D eigenvalue weighted by Gasteiger charge is 2.03. The van der Waals surface area contributed by atoms with Crippen molar-refractivity contribution in [3.05, 3.63) is 54.2 Å². The minimum Gasteiger partial charge on any atom is -0.366 e. The number of carbonyl (C=O) groups is 1. The first-order valence-electron chi connectivity index (χ1n) is 6.53. The highest BCUT2D eigenvalue weighted by molar-refractivity contribution is 7.80. The average molecular weight is 311 g/mol. The molecule has 0 bridgehead atoms. The van der Waals surface area contributed by atoms with Crippen molar-refractivity contribution in [2.45, 2.75) is 0 Å². The number of carbonyl (C=O) groups excluding carboxylic acids is 1. The minimum absolute atomic E-state index is 0.453. The Labute approximate surface area is 131 Å². The summed E-state index contributed by atoms with van der Waals surface area (Å²) in [5, 5.41) is 14.5. The molecule has 0 spiro atoms. The van der Waals surface area contributed by atoms with Crippen molar-refractivity contribution in [1.82, 2.24) is 10.2 Å². The number of amides is 1. The van der Waals surface area contributed by atoms with Crippen LogP contribution in [-0.2, 0) is 0 Å². The molecule has 0 radical (unpaired) electrons. The maximum atomic E-state index is 11.0. The largest absolute Gasteiger partial charge is 0.366 e. The number of nitrogens with zero attached hydrogens (tertiary/aromatic N) is 1. The van der Waals surface area contributed by atoms with Gasteiger partial charge in [0, 0.05) is 22.3 Å². The van der Waals surface area contributed by atoms with E-state index in [1.807, 2.05) is 18.2 Å². The normalized spacial score (nSPS) is 10.4. The molecule has 7 heteroatoms. The Balaban J connectivity index is 1.67. The van der Waals surface area contributed by atoms with Gasteiger partial charge >= 0.3 is 0 Å². The molecule has 0 saturated carbocycles. The number of aromatic amines is 1. The van der Waals surface area contributed by atoms with E-state index in [1.54, 1.807) is 30.5 Å². The molecule has 0 aliphatic heterocycles. The summed E-state index contributed by atoms with van der Waals surface area (Å²) in [5.74, 6) is -0.458. The van der Waals surface area contributed by atoms with Gasteiger partial charge in [-0.1, -0.05) is 0 Å². The number of thiocarbonyl (C=S) groups is 1. The van der Waals surface area contributed by atoms with Crippen LogP contribution in [0.2, 0.25) is 0 Å². The Kier molecular flexibility index (Phi) is 3.71. The molecule has 0 aliphatic rings. The Morgan fingerprint density at radius 3 is 2.50 bits per heavy atom. The molecule has 3 rings (SSSR count). The maximum Gasteiger partial charge on any atom is 0.248 e. The number of primary amides is 1. The average Bonchev–Trinajstić information content (AvgIpc) is 2.95. The van der Waals surface area contributed by atoms with Crippen molar-refractivity contribution in [3.8, 4) is 0 Å². The molecule has 2 aromatic carbocycles. The van der Waals surface area contributed by atoms with Gasteiger partial charge in [-0.05, 0) is 54.7 Å². The molecule has 1 amide bonds. The second kappa shape index (κ2) is 5.82. The SMILES string of the molecule is NC(=O)c1ccc(NC(=S)Nc2ccc3[nH]ncc3c2)cc1. The topological polar surface area (TPSA) is 95.8 Å². The zero-order valence-corrected chi connectivity index (χ0v) is 12.3. The van der Waals surface area contributed by atoms with Gasteiger partial charge in [-0.25, -0.2) is 0 Å². The predicted molar refractivity (Wildman–Crippen MR) is 90.9 cm³/mol. The zero-order chi connectivity index (χ0) is 15.5. The van der Waals surface area contributed by atoms with Gasteiger partial charge in [-0.15, -0.1) is 0 Å². The van der Waals surface area contributed by atoms with Crippen LogP contribution in [0.1, 0.15) is 10.4 Å². The van der Waals surface area contributed by atoms with Crippen LogP contribution in [-0.4, -0.2) is 21.2 Å². The van der Waals surface area contributed by atoms with Crippen LogP contribution < -0.4 is 16.4 Å². The molecule has 0 unspecified atom stereocenters. The fraction of sp³-hybridized carbons (Fsp3) is 0. The quantitative estimate of drug-likeness (QED) is 0.557. The Morgan fingerprint density at radius 2 is 1.77 bits per heavy atom. The first-order chi connectivity index (χ1) is 10.6. The first-order valence-corrected chi connectivity index (χ1v) is 6.94. The van der Waals surface area contributed by atoms with Crippen molar-refractivity contribution >= 4 is 45.5 Å². The number of rotatable bonds is 3. The molecule has 1 aromatic heterocycles. The molecule has 22 heavy (non-hydrogen) atoms. The van der Waals surface area contributed by atoms with Gasteiger partial charge in [-0.2, -0.15) is 5.10 Å². The van der Waals surface area contributed by atoms with Crippen LogP contribution in [0.4, 0.5) is 11.4 Å². The highest BCUT2D eigenvalue weighted by Crippen LogP contribution is 2.17. The standard InChI is InChI=1S/C15H13N5OS/c16-14(21)9-1-3-11(4-2-9)18-15(22)19-12-5-6-13-10(7-12)8-17-20-13/h1-8H,(H2,16,21)(H,17,20)(H2,18,19,22). The summed E-state index contributed by atoms with van der Waals surface area (Å²) in [6, 6.07) is 12.6. The van der Waals surface area contributed by atoms with Crippen molar-refractivity contribution in [3.63, 3.8) is 0 Å². The van der Waals surface area contributed by atoms with Crippen LogP contribution in [0.5, 0.6) is 0 Å².